The highest BCUT2D eigenvalue weighted by Crippen LogP contribution is 2.29. The van der Waals surface area contributed by atoms with E-state index in [1.807, 2.05) is 19.1 Å². The molecule has 1 saturated heterocycles. The van der Waals surface area contributed by atoms with Gasteiger partial charge in [-0.05, 0) is 24.6 Å². The van der Waals surface area contributed by atoms with Crippen molar-refractivity contribution >= 4 is 5.91 Å². The van der Waals surface area contributed by atoms with Crippen molar-refractivity contribution in [3.8, 4) is 11.5 Å². The van der Waals surface area contributed by atoms with Crippen LogP contribution in [-0.2, 0) is 9.53 Å². The summed E-state index contributed by atoms with van der Waals surface area (Å²) >= 11 is 0. The Balaban J connectivity index is 1.97. The fourth-order valence-corrected chi connectivity index (χ4v) is 2.13. The molecular formula is C15H22N2O4. The van der Waals surface area contributed by atoms with Crippen molar-refractivity contribution in [3.63, 3.8) is 0 Å². The Morgan fingerprint density at radius 2 is 2.10 bits per heavy atom. The molecular weight excluding hydrogens is 272 g/mol. The molecule has 6 heteroatoms. The SMILES string of the molecule is COc1cc([C@@H](C)N)ccc1OCC(=O)N1CCOCC1. The maximum absolute atomic E-state index is 12.0. The molecule has 116 valence electrons. The minimum atomic E-state index is -0.0806. The van der Waals surface area contributed by atoms with Crippen molar-refractivity contribution < 1.29 is 19.0 Å². The Bertz CT molecular complexity index is 485. The van der Waals surface area contributed by atoms with Crippen LogP contribution >= 0.6 is 0 Å². The summed E-state index contributed by atoms with van der Waals surface area (Å²) in [7, 11) is 1.57. The molecule has 0 radical (unpaired) electrons. The molecule has 1 aliphatic heterocycles. The quantitative estimate of drug-likeness (QED) is 0.875. The van der Waals surface area contributed by atoms with Crippen molar-refractivity contribution in [1.82, 2.24) is 4.90 Å². The summed E-state index contributed by atoms with van der Waals surface area (Å²) in [6, 6.07) is 5.41. The average molecular weight is 294 g/mol. The third-order valence-corrected chi connectivity index (χ3v) is 3.43. The molecule has 0 spiro atoms. The number of morpholine rings is 1. The number of ether oxygens (including phenoxy) is 3. The van der Waals surface area contributed by atoms with Gasteiger partial charge in [0.2, 0.25) is 0 Å². The molecule has 1 aliphatic rings. The maximum Gasteiger partial charge on any atom is 0.260 e. The van der Waals surface area contributed by atoms with Crippen LogP contribution in [0.5, 0.6) is 11.5 Å². The Hall–Kier alpha value is -1.79. The van der Waals surface area contributed by atoms with E-state index in [1.165, 1.54) is 0 Å². The smallest absolute Gasteiger partial charge is 0.260 e. The molecule has 2 N–H and O–H groups in total. The second kappa shape index (κ2) is 7.28. The Labute approximate surface area is 124 Å². The zero-order valence-corrected chi connectivity index (χ0v) is 12.5. The van der Waals surface area contributed by atoms with Crippen LogP contribution in [0.25, 0.3) is 0 Å². The number of carbonyl (C=O) groups excluding carboxylic acids is 1. The number of nitrogens with zero attached hydrogens (tertiary/aromatic N) is 1. The standard InChI is InChI=1S/C15H22N2O4/c1-11(16)12-3-4-13(14(9-12)19-2)21-10-15(18)17-5-7-20-8-6-17/h3-4,9,11H,5-8,10,16H2,1-2H3/t11-/m1/s1. The first-order valence-corrected chi connectivity index (χ1v) is 7.03. The maximum atomic E-state index is 12.0. The van der Waals surface area contributed by atoms with Gasteiger partial charge in [0.25, 0.3) is 5.91 Å². The van der Waals surface area contributed by atoms with E-state index in [9.17, 15) is 4.79 Å². The van der Waals surface area contributed by atoms with E-state index < -0.39 is 0 Å². The lowest BCUT2D eigenvalue weighted by molar-refractivity contribution is -0.137. The van der Waals surface area contributed by atoms with E-state index in [0.717, 1.165) is 5.56 Å². The lowest BCUT2D eigenvalue weighted by atomic mass is 10.1. The third-order valence-electron chi connectivity index (χ3n) is 3.43. The number of methoxy groups -OCH3 is 1. The second-order valence-corrected chi connectivity index (χ2v) is 4.98. The Kier molecular flexibility index (Phi) is 5.41. The summed E-state index contributed by atoms with van der Waals surface area (Å²) in [6.45, 7) is 4.29. The number of benzene rings is 1. The molecule has 1 fully saturated rings. The van der Waals surface area contributed by atoms with Gasteiger partial charge in [-0.15, -0.1) is 0 Å². The second-order valence-electron chi connectivity index (χ2n) is 4.98. The molecule has 6 nitrogen and oxygen atoms in total. The predicted molar refractivity (Wildman–Crippen MR) is 78.5 cm³/mol. The molecule has 1 aromatic carbocycles. The normalized spacial score (nSPS) is 16.4. The molecule has 0 aliphatic carbocycles. The van der Waals surface area contributed by atoms with Gasteiger partial charge in [-0.25, -0.2) is 0 Å². The van der Waals surface area contributed by atoms with Gasteiger partial charge in [-0.3, -0.25) is 4.79 Å². The van der Waals surface area contributed by atoms with Gasteiger partial charge < -0.3 is 24.8 Å². The zero-order chi connectivity index (χ0) is 15.2. The van der Waals surface area contributed by atoms with E-state index >= 15 is 0 Å². The topological polar surface area (TPSA) is 74.0 Å². The average Bonchev–Trinajstić information content (AvgIpc) is 2.53. The predicted octanol–water partition coefficient (Wildman–Crippen LogP) is 0.952. The zero-order valence-electron chi connectivity index (χ0n) is 12.5. The number of rotatable bonds is 5. The van der Waals surface area contributed by atoms with Crippen LogP contribution in [0.15, 0.2) is 18.2 Å². The molecule has 0 aromatic heterocycles. The van der Waals surface area contributed by atoms with Gasteiger partial charge in [0.1, 0.15) is 0 Å². The van der Waals surface area contributed by atoms with E-state index in [-0.39, 0.29) is 18.6 Å². The first-order valence-electron chi connectivity index (χ1n) is 7.03. The van der Waals surface area contributed by atoms with Gasteiger partial charge in [0, 0.05) is 19.1 Å². The molecule has 1 aromatic rings. The van der Waals surface area contributed by atoms with E-state index in [0.29, 0.717) is 37.8 Å². The fraction of sp³-hybridized carbons (Fsp3) is 0.533. The first-order chi connectivity index (χ1) is 10.1. The Morgan fingerprint density at radius 3 is 2.71 bits per heavy atom. The van der Waals surface area contributed by atoms with Crippen LogP contribution in [0.4, 0.5) is 0 Å². The highest BCUT2D eigenvalue weighted by atomic mass is 16.5. The molecule has 2 rings (SSSR count). The Morgan fingerprint density at radius 1 is 1.38 bits per heavy atom. The van der Waals surface area contributed by atoms with Gasteiger partial charge in [-0.1, -0.05) is 6.07 Å². The molecule has 0 unspecified atom stereocenters. The minimum absolute atomic E-state index is 0.00607. The van der Waals surface area contributed by atoms with Gasteiger partial charge in [0.05, 0.1) is 20.3 Å². The van der Waals surface area contributed by atoms with Crippen molar-refractivity contribution in [2.24, 2.45) is 5.73 Å². The summed E-state index contributed by atoms with van der Waals surface area (Å²) in [5.74, 6) is 1.08. The van der Waals surface area contributed by atoms with Crippen LogP contribution in [0, 0.1) is 0 Å². The molecule has 21 heavy (non-hydrogen) atoms. The largest absolute Gasteiger partial charge is 0.493 e. The van der Waals surface area contributed by atoms with Crippen molar-refractivity contribution in [1.29, 1.82) is 0 Å². The first kappa shape index (κ1) is 15.6. The van der Waals surface area contributed by atoms with E-state index in [2.05, 4.69) is 0 Å². The van der Waals surface area contributed by atoms with Gasteiger partial charge >= 0.3 is 0 Å². The summed E-state index contributed by atoms with van der Waals surface area (Å²) in [5, 5.41) is 0. The third kappa shape index (κ3) is 4.09. The minimum Gasteiger partial charge on any atom is -0.493 e. The fourth-order valence-electron chi connectivity index (χ4n) is 2.13. The number of hydrogen-bond acceptors (Lipinski definition) is 5. The van der Waals surface area contributed by atoms with Crippen LogP contribution in [0.2, 0.25) is 0 Å². The van der Waals surface area contributed by atoms with Gasteiger partial charge in [-0.2, -0.15) is 0 Å². The highest BCUT2D eigenvalue weighted by Gasteiger charge is 2.18. The molecule has 1 amide bonds. The van der Waals surface area contributed by atoms with Crippen LogP contribution in [-0.4, -0.2) is 50.8 Å². The van der Waals surface area contributed by atoms with E-state index in [1.54, 1.807) is 18.1 Å². The molecule has 0 saturated carbocycles. The lowest BCUT2D eigenvalue weighted by Crippen LogP contribution is -2.43. The van der Waals surface area contributed by atoms with Crippen LogP contribution in [0.3, 0.4) is 0 Å². The van der Waals surface area contributed by atoms with Crippen molar-refractivity contribution in [2.45, 2.75) is 13.0 Å². The van der Waals surface area contributed by atoms with Crippen LogP contribution in [0.1, 0.15) is 18.5 Å². The lowest BCUT2D eigenvalue weighted by Gasteiger charge is -2.26. The summed E-state index contributed by atoms with van der Waals surface area (Å²) < 4.78 is 16.1. The van der Waals surface area contributed by atoms with Crippen molar-refractivity contribution in [3.05, 3.63) is 23.8 Å². The monoisotopic (exact) mass is 294 g/mol. The number of hydrogen-bond donors (Lipinski definition) is 1. The molecule has 1 heterocycles. The molecule has 0 bridgehead atoms. The number of amides is 1. The molecule has 1 atom stereocenters. The van der Waals surface area contributed by atoms with E-state index in [4.69, 9.17) is 19.9 Å². The van der Waals surface area contributed by atoms with Crippen LogP contribution < -0.4 is 15.2 Å². The summed E-state index contributed by atoms with van der Waals surface area (Å²) in [5.41, 5.74) is 6.80. The summed E-state index contributed by atoms with van der Waals surface area (Å²) in [4.78, 5) is 13.8. The number of nitrogens with two attached hydrogens (primary N) is 1. The number of carbonyl (C=O) groups is 1. The highest BCUT2D eigenvalue weighted by molar-refractivity contribution is 5.78. The summed E-state index contributed by atoms with van der Waals surface area (Å²) in [6.07, 6.45) is 0. The van der Waals surface area contributed by atoms with Crippen molar-refractivity contribution in [2.75, 3.05) is 40.0 Å². The van der Waals surface area contributed by atoms with Gasteiger partial charge in [0.15, 0.2) is 18.1 Å².